The van der Waals surface area contributed by atoms with Gasteiger partial charge in [0.2, 0.25) is 5.88 Å². The van der Waals surface area contributed by atoms with Crippen molar-refractivity contribution in [2.75, 3.05) is 19.7 Å². The number of halogens is 3. The van der Waals surface area contributed by atoms with Crippen molar-refractivity contribution >= 4 is 34.3 Å². The van der Waals surface area contributed by atoms with Gasteiger partial charge in [-0.3, -0.25) is 4.90 Å². The molecule has 1 aromatic carbocycles. The Morgan fingerprint density at radius 2 is 2.05 bits per heavy atom. The first kappa shape index (κ1) is 26.4. The van der Waals surface area contributed by atoms with E-state index in [0.717, 1.165) is 29.9 Å². The molecular weight excluding hydrogens is 544 g/mol. The van der Waals surface area contributed by atoms with Crippen LogP contribution in [-0.4, -0.2) is 61.3 Å². The fourth-order valence-corrected chi connectivity index (χ4v) is 5.07. The van der Waals surface area contributed by atoms with Gasteiger partial charge >= 0.3 is 5.97 Å². The Morgan fingerprint density at radius 1 is 1.20 bits per heavy atom. The number of aromatic nitrogens is 4. The molecule has 5 heterocycles. The molecule has 2 aliphatic heterocycles. The number of nitrogens with zero attached hydrogens (tertiary/aromatic N) is 4. The van der Waals surface area contributed by atoms with Crippen LogP contribution >= 0.6 is 11.6 Å². The molecule has 40 heavy (non-hydrogen) atoms. The minimum absolute atomic E-state index is 0.0611. The van der Waals surface area contributed by atoms with Gasteiger partial charge in [0.15, 0.2) is 5.65 Å². The van der Waals surface area contributed by atoms with Crippen molar-refractivity contribution in [1.82, 2.24) is 24.4 Å². The smallest absolute Gasteiger partial charge is 0.352 e. The Morgan fingerprint density at radius 3 is 2.75 bits per heavy atom. The molecule has 2 N–H and O–H groups in total. The number of pyridine rings is 1. The lowest BCUT2D eigenvalue weighted by Crippen LogP contribution is -2.33. The number of fused-ring (bicyclic) bond motifs is 1. The number of hydrogen-bond acceptors (Lipinski definition) is 6. The molecule has 1 fully saturated rings. The number of aromatic amines is 1. The molecule has 0 saturated carbocycles. The summed E-state index contributed by atoms with van der Waals surface area (Å²) < 4.78 is 42.1. The van der Waals surface area contributed by atoms with Gasteiger partial charge < -0.3 is 24.1 Å². The zero-order valence-electron chi connectivity index (χ0n) is 21.4. The standard InChI is InChI=1S/C28H26ClF2N5O4/c29-18-2-1-17(21(31)11-18)15-40-25-4-3-20(30)26(34-25)16-5-8-35(9-6-16)14-24-33-27-23(12-22(32-27)28(37)38)36(24)13-19-7-10-39-19/h1-5,11-12,19,32H,6-10,13-15H2,(H,37,38)/t19-/m0/s1. The Balaban J connectivity index is 1.15. The topological polar surface area (TPSA) is 106 Å². The quantitative estimate of drug-likeness (QED) is 0.291. The molecule has 3 aromatic heterocycles. The maximum atomic E-state index is 14.7. The molecule has 0 aliphatic carbocycles. The third kappa shape index (κ3) is 5.45. The number of nitrogens with one attached hydrogen (secondary N) is 1. The van der Waals surface area contributed by atoms with Gasteiger partial charge in [-0.1, -0.05) is 23.7 Å². The van der Waals surface area contributed by atoms with E-state index in [-0.39, 0.29) is 30.0 Å². The van der Waals surface area contributed by atoms with Gasteiger partial charge in [0.05, 0.1) is 24.7 Å². The van der Waals surface area contributed by atoms with Crippen LogP contribution in [0.3, 0.4) is 0 Å². The lowest BCUT2D eigenvalue weighted by molar-refractivity contribution is -0.0591. The lowest BCUT2D eigenvalue weighted by Gasteiger charge is -2.29. The fraction of sp³-hybridized carbons (Fsp3) is 0.321. The second-order valence-corrected chi connectivity index (χ2v) is 10.3. The summed E-state index contributed by atoms with van der Waals surface area (Å²) in [5.41, 5.74) is 2.66. The minimum Gasteiger partial charge on any atom is -0.477 e. The van der Waals surface area contributed by atoms with Crippen molar-refractivity contribution in [1.29, 1.82) is 0 Å². The highest BCUT2D eigenvalue weighted by Gasteiger charge is 2.25. The summed E-state index contributed by atoms with van der Waals surface area (Å²) in [5.74, 6) is -0.966. The van der Waals surface area contributed by atoms with Gasteiger partial charge in [-0.05, 0) is 42.7 Å². The van der Waals surface area contributed by atoms with Crippen LogP contribution < -0.4 is 4.74 Å². The molecule has 6 rings (SSSR count). The normalized spacial score (nSPS) is 17.6. The number of hydrogen-bond donors (Lipinski definition) is 2. The highest BCUT2D eigenvalue weighted by molar-refractivity contribution is 6.30. The molecule has 9 nitrogen and oxygen atoms in total. The molecule has 0 radical (unpaired) electrons. The Kier molecular flexibility index (Phi) is 7.26. The van der Waals surface area contributed by atoms with Crippen molar-refractivity contribution in [3.8, 4) is 5.88 Å². The van der Waals surface area contributed by atoms with E-state index in [1.54, 1.807) is 12.1 Å². The van der Waals surface area contributed by atoms with Gasteiger partial charge in [-0.15, -0.1) is 0 Å². The number of carboxylic acid groups (broad SMARTS) is 1. The summed E-state index contributed by atoms with van der Waals surface area (Å²) in [6, 6.07) is 8.65. The van der Waals surface area contributed by atoms with Crippen LogP contribution in [0.15, 0.2) is 42.5 Å². The largest absolute Gasteiger partial charge is 0.477 e. The van der Waals surface area contributed by atoms with Gasteiger partial charge in [0.1, 0.15) is 35.5 Å². The van der Waals surface area contributed by atoms with E-state index in [1.807, 2.05) is 10.6 Å². The molecule has 208 valence electrons. The fourth-order valence-electron chi connectivity index (χ4n) is 4.91. The van der Waals surface area contributed by atoms with Crippen LogP contribution in [0.1, 0.15) is 40.4 Å². The van der Waals surface area contributed by atoms with E-state index in [2.05, 4.69) is 19.9 Å². The zero-order valence-corrected chi connectivity index (χ0v) is 22.1. The number of H-pyrrole nitrogens is 1. The highest BCUT2D eigenvalue weighted by atomic mass is 35.5. The molecule has 1 saturated heterocycles. The van der Waals surface area contributed by atoms with Crippen LogP contribution in [0.2, 0.25) is 5.02 Å². The Hall–Kier alpha value is -3.80. The molecule has 1 atom stereocenters. The van der Waals surface area contributed by atoms with Crippen LogP contribution in [0.25, 0.3) is 16.7 Å². The van der Waals surface area contributed by atoms with Crippen molar-refractivity contribution in [3.63, 3.8) is 0 Å². The van der Waals surface area contributed by atoms with Gasteiger partial charge in [-0.25, -0.2) is 23.5 Å². The maximum absolute atomic E-state index is 14.7. The second kappa shape index (κ2) is 11.0. The van der Waals surface area contributed by atoms with Crippen molar-refractivity contribution in [2.45, 2.75) is 38.6 Å². The van der Waals surface area contributed by atoms with E-state index >= 15 is 0 Å². The molecular formula is C28H26ClF2N5O4. The minimum atomic E-state index is -1.04. The van der Waals surface area contributed by atoms with E-state index in [0.29, 0.717) is 48.8 Å². The first-order valence-electron chi connectivity index (χ1n) is 12.9. The maximum Gasteiger partial charge on any atom is 0.352 e. The number of carbonyl (C=O) groups is 1. The number of benzene rings is 1. The summed E-state index contributed by atoms with van der Waals surface area (Å²) in [7, 11) is 0. The Bertz CT molecular complexity index is 1610. The van der Waals surface area contributed by atoms with Gasteiger partial charge in [0, 0.05) is 36.3 Å². The van der Waals surface area contributed by atoms with E-state index in [9.17, 15) is 18.7 Å². The summed E-state index contributed by atoms with van der Waals surface area (Å²) in [6.45, 7) is 2.99. The van der Waals surface area contributed by atoms with Crippen molar-refractivity contribution in [2.24, 2.45) is 0 Å². The zero-order chi connectivity index (χ0) is 27.8. The number of carboxylic acids is 1. The van der Waals surface area contributed by atoms with E-state index < -0.39 is 17.6 Å². The van der Waals surface area contributed by atoms with Crippen LogP contribution in [0.4, 0.5) is 8.78 Å². The molecule has 12 heteroatoms. The molecule has 2 aliphatic rings. The molecule has 0 bridgehead atoms. The van der Waals surface area contributed by atoms with Crippen molar-refractivity contribution in [3.05, 3.63) is 81.9 Å². The van der Waals surface area contributed by atoms with Crippen LogP contribution in [-0.2, 0) is 24.4 Å². The average molecular weight is 570 g/mol. The summed E-state index contributed by atoms with van der Waals surface area (Å²) in [5, 5.41) is 9.65. The first-order valence-corrected chi connectivity index (χ1v) is 13.3. The van der Waals surface area contributed by atoms with E-state index in [1.165, 1.54) is 24.3 Å². The summed E-state index contributed by atoms with van der Waals surface area (Å²) >= 11 is 5.80. The SMILES string of the molecule is O=C(O)c1cc2c(nc(CN3CC=C(c4nc(OCc5ccc(Cl)cc5F)ccc4F)CC3)n2C[C@@H]2CCO2)[nH]1. The predicted octanol–water partition coefficient (Wildman–Crippen LogP) is 5.05. The van der Waals surface area contributed by atoms with Crippen LogP contribution in [0.5, 0.6) is 5.88 Å². The molecule has 4 aromatic rings. The number of ether oxygens (including phenoxy) is 2. The predicted molar refractivity (Wildman–Crippen MR) is 143 cm³/mol. The van der Waals surface area contributed by atoms with Gasteiger partial charge in [0.25, 0.3) is 0 Å². The second-order valence-electron chi connectivity index (χ2n) is 9.86. The molecule has 0 spiro atoms. The molecule has 0 unspecified atom stereocenters. The van der Waals surface area contributed by atoms with Gasteiger partial charge in [-0.2, -0.15) is 0 Å². The molecule has 0 amide bonds. The first-order chi connectivity index (χ1) is 19.3. The van der Waals surface area contributed by atoms with E-state index in [4.69, 9.17) is 21.1 Å². The third-order valence-corrected chi connectivity index (χ3v) is 7.44. The average Bonchev–Trinajstić information content (AvgIpc) is 3.45. The summed E-state index contributed by atoms with van der Waals surface area (Å²) in [6.07, 6.45) is 3.52. The Labute approximate surface area is 233 Å². The highest BCUT2D eigenvalue weighted by Crippen LogP contribution is 2.28. The monoisotopic (exact) mass is 569 g/mol. The summed E-state index contributed by atoms with van der Waals surface area (Å²) in [4.78, 5) is 25.5. The third-order valence-electron chi connectivity index (χ3n) is 7.20. The van der Waals surface area contributed by atoms with Crippen molar-refractivity contribution < 1.29 is 28.2 Å². The number of imidazole rings is 1. The number of aromatic carboxylic acids is 1. The number of rotatable bonds is 9. The lowest BCUT2D eigenvalue weighted by atomic mass is 10.0. The van der Waals surface area contributed by atoms with Crippen LogP contribution in [0, 0.1) is 11.6 Å².